The molecule has 0 bridgehead atoms. The summed E-state index contributed by atoms with van der Waals surface area (Å²) in [4.78, 5) is 14.0. The molecule has 1 fully saturated rings. The van der Waals surface area contributed by atoms with Crippen LogP contribution in [0, 0.1) is 0 Å². The number of alkyl halides is 1. The van der Waals surface area contributed by atoms with E-state index in [2.05, 4.69) is 52.3 Å². The van der Waals surface area contributed by atoms with Gasteiger partial charge in [0.1, 0.15) is 0 Å². The molecule has 2 aromatic carbocycles. The van der Waals surface area contributed by atoms with Gasteiger partial charge in [0.15, 0.2) is 0 Å². The first kappa shape index (κ1) is 13.4. The van der Waals surface area contributed by atoms with Crippen molar-refractivity contribution in [2.75, 3.05) is 11.4 Å². The Kier molecular flexibility index (Phi) is 3.88. The SMILES string of the molecule is O=C1CC(Br)CN1c1ccc(Cc2ccccc2)cc1. The minimum Gasteiger partial charge on any atom is -0.311 e. The summed E-state index contributed by atoms with van der Waals surface area (Å²) in [7, 11) is 0. The summed E-state index contributed by atoms with van der Waals surface area (Å²) in [6.45, 7) is 0.761. The molecule has 1 amide bonds. The fraction of sp³-hybridized carbons (Fsp3) is 0.235. The van der Waals surface area contributed by atoms with Crippen molar-refractivity contribution in [1.82, 2.24) is 0 Å². The molecule has 20 heavy (non-hydrogen) atoms. The lowest BCUT2D eigenvalue weighted by atomic mass is 10.0. The predicted molar refractivity (Wildman–Crippen MR) is 85.4 cm³/mol. The van der Waals surface area contributed by atoms with Gasteiger partial charge >= 0.3 is 0 Å². The van der Waals surface area contributed by atoms with Crippen LogP contribution in [0.15, 0.2) is 54.6 Å². The van der Waals surface area contributed by atoms with E-state index < -0.39 is 0 Å². The van der Waals surface area contributed by atoms with E-state index in [1.165, 1.54) is 11.1 Å². The molecule has 0 aromatic heterocycles. The highest BCUT2D eigenvalue weighted by molar-refractivity contribution is 9.09. The van der Waals surface area contributed by atoms with E-state index in [0.717, 1.165) is 18.7 Å². The zero-order valence-corrected chi connectivity index (χ0v) is 12.7. The molecule has 1 aliphatic heterocycles. The van der Waals surface area contributed by atoms with E-state index in [-0.39, 0.29) is 10.7 Å². The second kappa shape index (κ2) is 5.80. The van der Waals surface area contributed by atoms with Crippen molar-refractivity contribution >= 4 is 27.5 Å². The van der Waals surface area contributed by atoms with Crippen LogP contribution in [0.4, 0.5) is 5.69 Å². The van der Waals surface area contributed by atoms with Gasteiger partial charge in [0, 0.05) is 23.5 Å². The topological polar surface area (TPSA) is 20.3 Å². The fourth-order valence-electron chi connectivity index (χ4n) is 2.54. The van der Waals surface area contributed by atoms with E-state index in [1.807, 2.05) is 23.1 Å². The molecule has 3 heteroatoms. The highest BCUT2D eigenvalue weighted by atomic mass is 79.9. The Morgan fingerprint density at radius 2 is 1.65 bits per heavy atom. The molecule has 2 aromatic rings. The van der Waals surface area contributed by atoms with Gasteiger partial charge in [-0.2, -0.15) is 0 Å². The van der Waals surface area contributed by atoms with Crippen molar-refractivity contribution in [2.45, 2.75) is 17.7 Å². The number of benzene rings is 2. The predicted octanol–water partition coefficient (Wildman–Crippen LogP) is 3.78. The summed E-state index contributed by atoms with van der Waals surface area (Å²) >= 11 is 3.51. The van der Waals surface area contributed by atoms with E-state index in [0.29, 0.717) is 6.42 Å². The van der Waals surface area contributed by atoms with Crippen LogP contribution in [0.2, 0.25) is 0 Å². The van der Waals surface area contributed by atoms with Gasteiger partial charge in [0.05, 0.1) is 0 Å². The molecule has 0 aliphatic carbocycles. The quantitative estimate of drug-likeness (QED) is 0.785. The van der Waals surface area contributed by atoms with Crippen molar-refractivity contribution in [3.05, 3.63) is 65.7 Å². The number of carbonyl (C=O) groups is 1. The first-order valence-electron chi connectivity index (χ1n) is 6.79. The maximum Gasteiger partial charge on any atom is 0.228 e. The summed E-state index contributed by atoms with van der Waals surface area (Å²) in [5.41, 5.74) is 3.56. The summed E-state index contributed by atoms with van der Waals surface area (Å²) < 4.78 is 0. The zero-order chi connectivity index (χ0) is 13.9. The molecule has 0 saturated carbocycles. The molecule has 102 valence electrons. The van der Waals surface area contributed by atoms with Crippen molar-refractivity contribution in [3.63, 3.8) is 0 Å². The number of amides is 1. The minimum atomic E-state index is 0.197. The number of nitrogens with zero attached hydrogens (tertiary/aromatic N) is 1. The molecule has 1 atom stereocenters. The molecular formula is C17H16BrNO. The van der Waals surface area contributed by atoms with Crippen LogP contribution in [0.5, 0.6) is 0 Å². The Bertz CT molecular complexity index is 594. The van der Waals surface area contributed by atoms with Crippen LogP contribution in [0.3, 0.4) is 0 Å². The van der Waals surface area contributed by atoms with Gasteiger partial charge in [0.25, 0.3) is 0 Å². The Morgan fingerprint density at radius 3 is 2.25 bits per heavy atom. The van der Waals surface area contributed by atoms with Crippen LogP contribution < -0.4 is 4.90 Å². The van der Waals surface area contributed by atoms with Gasteiger partial charge in [-0.05, 0) is 29.7 Å². The third kappa shape index (κ3) is 2.93. The first-order chi connectivity index (χ1) is 9.72. The molecule has 0 spiro atoms. The Labute approximate surface area is 127 Å². The largest absolute Gasteiger partial charge is 0.311 e. The molecule has 0 N–H and O–H groups in total. The first-order valence-corrected chi connectivity index (χ1v) is 7.71. The van der Waals surface area contributed by atoms with Gasteiger partial charge in [-0.1, -0.05) is 58.4 Å². The second-order valence-electron chi connectivity index (χ2n) is 5.13. The Balaban J connectivity index is 1.73. The number of hydrogen-bond donors (Lipinski definition) is 0. The number of hydrogen-bond acceptors (Lipinski definition) is 1. The van der Waals surface area contributed by atoms with Gasteiger partial charge < -0.3 is 4.90 Å². The number of carbonyl (C=O) groups excluding carboxylic acids is 1. The van der Waals surface area contributed by atoms with Gasteiger partial charge in [-0.25, -0.2) is 0 Å². The van der Waals surface area contributed by atoms with E-state index in [4.69, 9.17) is 0 Å². The lowest BCUT2D eigenvalue weighted by Crippen LogP contribution is -2.24. The molecular weight excluding hydrogens is 314 g/mol. The van der Waals surface area contributed by atoms with Crippen molar-refractivity contribution in [3.8, 4) is 0 Å². The number of rotatable bonds is 3. The average molecular weight is 330 g/mol. The lowest BCUT2D eigenvalue weighted by molar-refractivity contribution is -0.117. The zero-order valence-electron chi connectivity index (χ0n) is 11.1. The molecule has 0 radical (unpaired) electrons. The van der Waals surface area contributed by atoms with Crippen LogP contribution in [0.25, 0.3) is 0 Å². The summed E-state index contributed by atoms with van der Waals surface area (Å²) in [5.74, 6) is 0.197. The lowest BCUT2D eigenvalue weighted by Gasteiger charge is -2.16. The van der Waals surface area contributed by atoms with Crippen LogP contribution in [-0.4, -0.2) is 17.3 Å². The third-order valence-corrected chi connectivity index (χ3v) is 4.19. The standard InChI is InChI=1S/C17H16BrNO/c18-15-11-17(20)19(12-15)16-8-6-14(7-9-16)10-13-4-2-1-3-5-13/h1-9,15H,10-12H2. The van der Waals surface area contributed by atoms with Gasteiger partial charge in [-0.3, -0.25) is 4.79 Å². The van der Waals surface area contributed by atoms with Crippen LogP contribution in [0.1, 0.15) is 17.5 Å². The van der Waals surface area contributed by atoms with Crippen molar-refractivity contribution < 1.29 is 4.79 Å². The molecule has 3 rings (SSSR count). The smallest absolute Gasteiger partial charge is 0.228 e. The van der Waals surface area contributed by atoms with Crippen LogP contribution >= 0.6 is 15.9 Å². The third-order valence-electron chi connectivity index (χ3n) is 3.58. The highest BCUT2D eigenvalue weighted by Gasteiger charge is 2.28. The maximum atomic E-state index is 11.9. The fourth-order valence-corrected chi connectivity index (χ4v) is 3.11. The van der Waals surface area contributed by atoms with E-state index in [1.54, 1.807) is 0 Å². The minimum absolute atomic E-state index is 0.197. The van der Waals surface area contributed by atoms with Crippen molar-refractivity contribution in [2.24, 2.45) is 0 Å². The molecule has 2 nitrogen and oxygen atoms in total. The monoisotopic (exact) mass is 329 g/mol. The highest BCUT2D eigenvalue weighted by Crippen LogP contribution is 2.25. The molecule has 1 unspecified atom stereocenters. The summed E-state index contributed by atoms with van der Waals surface area (Å²) in [5, 5.41) is 0. The maximum absolute atomic E-state index is 11.9. The van der Waals surface area contributed by atoms with Crippen LogP contribution in [-0.2, 0) is 11.2 Å². The molecule has 1 heterocycles. The second-order valence-corrected chi connectivity index (χ2v) is 6.43. The van der Waals surface area contributed by atoms with E-state index >= 15 is 0 Å². The van der Waals surface area contributed by atoms with Gasteiger partial charge in [0.2, 0.25) is 5.91 Å². The number of halogens is 1. The Morgan fingerprint density at radius 1 is 1.00 bits per heavy atom. The molecule has 1 aliphatic rings. The van der Waals surface area contributed by atoms with E-state index in [9.17, 15) is 4.79 Å². The van der Waals surface area contributed by atoms with Crippen molar-refractivity contribution in [1.29, 1.82) is 0 Å². The van der Waals surface area contributed by atoms with Gasteiger partial charge in [-0.15, -0.1) is 0 Å². The summed E-state index contributed by atoms with van der Waals surface area (Å²) in [6.07, 6.45) is 1.52. The summed E-state index contributed by atoms with van der Waals surface area (Å²) in [6, 6.07) is 18.7. The molecule has 1 saturated heterocycles. The normalized spacial score (nSPS) is 18.6. The average Bonchev–Trinajstić information content (AvgIpc) is 2.80. The Hall–Kier alpha value is -1.61. The number of anilines is 1.